The van der Waals surface area contributed by atoms with Crippen LogP contribution in [0.3, 0.4) is 0 Å². The largest absolute Gasteiger partial charge is 0.494 e. The minimum Gasteiger partial charge on any atom is -0.494 e. The summed E-state index contributed by atoms with van der Waals surface area (Å²) in [5.74, 6) is -2.73. The Labute approximate surface area is 359 Å². The standard InChI is InChI=1S/C42H69N5O14/c1-32(48)35(43-2)12-9-10-20-44-39(51)30-59-28-27-58-25-22-46-40(52)31-60-29-26-57-24-21-45-37(49)19-18-36(42(55)56)47-38(50)13-8-6-4-3-5-7-11-23-61-34-16-14-33(15-17-34)41(53)54/h14-17,35-36,43H,3-13,18-31H2,1-2H3,(H,44,51)(H,45,49)(H,46,52)(H,47,50)(H,53,54)(H,55,56)/t35-,36-/m0/s1. The molecule has 0 fully saturated rings. The van der Waals surface area contributed by atoms with E-state index in [1.54, 1.807) is 26.1 Å². The van der Waals surface area contributed by atoms with Gasteiger partial charge in [-0.1, -0.05) is 32.1 Å². The number of likely N-dealkylation sites (N-methyl/N-ethyl adjacent to an activating group) is 1. The first-order valence-corrected chi connectivity index (χ1v) is 21.2. The van der Waals surface area contributed by atoms with Crippen molar-refractivity contribution in [2.75, 3.05) is 86.1 Å². The summed E-state index contributed by atoms with van der Waals surface area (Å²) >= 11 is 0. The average Bonchev–Trinajstić information content (AvgIpc) is 3.23. The molecule has 0 spiro atoms. The lowest BCUT2D eigenvalue weighted by Gasteiger charge is -2.14. The number of rotatable bonds is 40. The lowest BCUT2D eigenvalue weighted by molar-refractivity contribution is -0.142. The number of carbonyl (C=O) groups excluding carboxylic acids is 5. The Balaban J connectivity index is 1.93. The van der Waals surface area contributed by atoms with E-state index in [4.69, 9.17) is 28.8 Å². The van der Waals surface area contributed by atoms with E-state index < -0.39 is 18.0 Å². The zero-order valence-electron chi connectivity index (χ0n) is 35.9. The number of amides is 4. The number of ketones is 1. The topological polar surface area (TPSA) is 266 Å². The van der Waals surface area contributed by atoms with Crippen LogP contribution in [0.15, 0.2) is 24.3 Å². The van der Waals surface area contributed by atoms with Crippen molar-refractivity contribution in [3.63, 3.8) is 0 Å². The molecule has 0 aliphatic heterocycles. The molecule has 19 nitrogen and oxygen atoms in total. The SMILES string of the molecule is CN[C@@H](CCCCNC(=O)COCCOCCNC(=O)COCCOCCNC(=O)CC[C@H](NC(=O)CCCCCCCCCOc1ccc(C(=O)O)cc1)C(=O)O)C(C)=O. The first-order chi connectivity index (χ1) is 29.4. The third-order valence-electron chi connectivity index (χ3n) is 9.14. The number of nitrogens with one attached hydrogen (secondary N) is 5. The van der Waals surface area contributed by atoms with E-state index in [9.17, 15) is 38.7 Å². The smallest absolute Gasteiger partial charge is 0.335 e. The third-order valence-corrected chi connectivity index (χ3v) is 9.14. The Morgan fingerprint density at radius 3 is 1.64 bits per heavy atom. The van der Waals surface area contributed by atoms with Gasteiger partial charge in [0.25, 0.3) is 0 Å². The fraction of sp³-hybridized carbons (Fsp3) is 0.690. The monoisotopic (exact) mass is 867 g/mol. The van der Waals surface area contributed by atoms with Crippen LogP contribution in [0.25, 0.3) is 0 Å². The molecule has 19 heteroatoms. The van der Waals surface area contributed by atoms with Crippen LogP contribution in [0.5, 0.6) is 5.75 Å². The lowest BCUT2D eigenvalue weighted by atomic mass is 10.1. The van der Waals surface area contributed by atoms with E-state index in [0.717, 1.165) is 57.8 Å². The van der Waals surface area contributed by atoms with Crippen LogP contribution in [-0.2, 0) is 47.7 Å². The zero-order valence-corrected chi connectivity index (χ0v) is 35.9. The second kappa shape index (κ2) is 36.0. The number of benzene rings is 1. The molecular weight excluding hydrogens is 798 g/mol. The molecular formula is C42H69N5O14. The Hall–Kier alpha value is -4.69. The molecule has 0 bridgehead atoms. The predicted molar refractivity (Wildman–Crippen MR) is 224 cm³/mol. The summed E-state index contributed by atoms with van der Waals surface area (Å²) in [6, 6.07) is 4.97. The van der Waals surface area contributed by atoms with Crippen molar-refractivity contribution in [2.24, 2.45) is 0 Å². The normalized spacial score (nSPS) is 11.9. The molecule has 0 aliphatic rings. The molecule has 0 unspecified atom stereocenters. The maximum atomic E-state index is 12.3. The summed E-state index contributed by atoms with van der Waals surface area (Å²) in [5, 5.41) is 32.0. The number of ether oxygens (including phenoxy) is 5. The van der Waals surface area contributed by atoms with Gasteiger partial charge in [0.1, 0.15) is 30.8 Å². The average molecular weight is 868 g/mol. The maximum Gasteiger partial charge on any atom is 0.335 e. The van der Waals surface area contributed by atoms with Gasteiger partial charge in [-0.25, -0.2) is 9.59 Å². The molecule has 4 amide bonds. The molecule has 1 aromatic carbocycles. The molecule has 0 saturated carbocycles. The summed E-state index contributed by atoms with van der Waals surface area (Å²) in [6.45, 7) is 4.12. The van der Waals surface area contributed by atoms with Gasteiger partial charge in [0.05, 0.1) is 57.9 Å². The van der Waals surface area contributed by atoms with Gasteiger partial charge >= 0.3 is 11.9 Å². The van der Waals surface area contributed by atoms with Crippen LogP contribution in [-0.4, -0.2) is 150 Å². The predicted octanol–water partition coefficient (Wildman–Crippen LogP) is 2.00. The molecule has 1 aromatic rings. The second-order valence-corrected chi connectivity index (χ2v) is 14.2. The quantitative estimate of drug-likeness (QED) is 0.0465. The Bertz CT molecular complexity index is 1410. The van der Waals surface area contributed by atoms with Gasteiger partial charge in [0.2, 0.25) is 23.6 Å². The third kappa shape index (κ3) is 30.9. The van der Waals surface area contributed by atoms with Crippen molar-refractivity contribution < 1.29 is 67.5 Å². The highest BCUT2D eigenvalue weighted by Gasteiger charge is 2.21. The number of carboxylic acids is 2. The summed E-state index contributed by atoms with van der Waals surface area (Å²) < 4.78 is 27.0. The van der Waals surface area contributed by atoms with E-state index in [0.29, 0.717) is 25.3 Å². The molecule has 0 aliphatic carbocycles. The van der Waals surface area contributed by atoms with Crippen LogP contribution in [0.2, 0.25) is 0 Å². The number of carbonyl (C=O) groups is 7. The summed E-state index contributed by atoms with van der Waals surface area (Å²) in [5.41, 5.74) is 0.214. The van der Waals surface area contributed by atoms with Crippen molar-refractivity contribution in [2.45, 2.75) is 102 Å². The molecule has 0 saturated heterocycles. The first-order valence-electron chi connectivity index (χ1n) is 21.2. The number of aliphatic carboxylic acids is 1. The van der Waals surface area contributed by atoms with Crippen LogP contribution >= 0.6 is 0 Å². The van der Waals surface area contributed by atoms with Crippen LogP contribution in [0.4, 0.5) is 0 Å². The zero-order chi connectivity index (χ0) is 44.9. The molecule has 0 aromatic heterocycles. The van der Waals surface area contributed by atoms with E-state index in [1.807, 2.05) is 0 Å². The highest BCUT2D eigenvalue weighted by Crippen LogP contribution is 2.14. The Morgan fingerprint density at radius 1 is 0.541 bits per heavy atom. The van der Waals surface area contributed by atoms with Gasteiger partial charge in [-0.3, -0.25) is 24.0 Å². The van der Waals surface area contributed by atoms with Crippen molar-refractivity contribution in [3.05, 3.63) is 29.8 Å². The van der Waals surface area contributed by atoms with E-state index in [1.165, 1.54) is 12.1 Å². The molecule has 2 atom stereocenters. The van der Waals surface area contributed by atoms with E-state index >= 15 is 0 Å². The molecule has 1 rings (SSSR count). The number of hydrogen-bond acceptors (Lipinski definition) is 13. The van der Waals surface area contributed by atoms with E-state index in [-0.39, 0.29) is 126 Å². The van der Waals surface area contributed by atoms with Crippen LogP contribution in [0.1, 0.15) is 101 Å². The fourth-order valence-corrected chi connectivity index (χ4v) is 5.69. The van der Waals surface area contributed by atoms with Gasteiger partial charge in [0.15, 0.2) is 0 Å². The molecule has 0 radical (unpaired) electrons. The van der Waals surface area contributed by atoms with Gasteiger partial charge in [-0.05, 0) is 76.8 Å². The Morgan fingerprint density at radius 2 is 1.08 bits per heavy atom. The highest BCUT2D eigenvalue weighted by molar-refractivity contribution is 5.87. The summed E-state index contributed by atoms with van der Waals surface area (Å²) in [6.07, 6.45) is 8.71. The van der Waals surface area contributed by atoms with Crippen molar-refractivity contribution in [3.8, 4) is 5.75 Å². The number of aromatic carboxylic acids is 1. The lowest BCUT2D eigenvalue weighted by Crippen LogP contribution is -2.41. The molecule has 61 heavy (non-hydrogen) atoms. The number of unbranched alkanes of at least 4 members (excludes halogenated alkanes) is 7. The highest BCUT2D eigenvalue weighted by atomic mass is 16.5. The van der Waals surface area contributed by atoms with Crippen molar-refractivity contribution in [1.29, 1.82) is 0 Å². The second-order valence-electron chi connectivity index (χ2n) is 14.2. The van der Waals surface area contributed by atoms with Gasteiger partial charge in [-0.15, -0.1) is 0 Å². The molecule has 346 valence electrons. The van der Waals surface area contributed by atoms with Gasteiger partial charge in [-0.2, -0.15) is 0 Å². The first kappa shape index (κ1) is 54.3. The summed E-state index contributed by atoms with van der Waals surface area (Å²) in [7, 11) is 1.75. The maximum absolute atomic E-state index is 12.3. The van der Waals surface area contributed by atoms with Gasteiger partial charge < -0.3 is 60.5 Å². The van der Waals surface area contributed by atoms with Crippen molar-refractivity contribution >= 4 is 41.4 Å². The number of carboxylic acid groups (broad SMARTS) is 2. The minimum atomic E-state index is -1.21. The minimum absolute atomic E-state index is 0.0490. The van der Waals surface area contributed by atoms with Crippen LogP contribution < -0.4 is 31.3 Å². The molecule has 7 N–H and O–H groups in total. The summed E-state index contributed by atoms with van der Waals surface area (Å²) in [4.78, 5) is 82.2. The fourth-order valence-electron chi connectivity index (χ4n) is 5.69. The van der Waals surface area contributed by atoms with Crippen molar-refractivity contribution in [1.82, 2.24) is 26.6 Å². The number of hydrogen-bond donors (Lipinski definition) is 7. The van der Waals surface area contributed by atoms with E-state index in [2.05, 4.69) is 26.6 Å². The Kier molecular flexibility index (Phi) is 32.1. The van der Waals surface area contributed by atoms with Gasteiger partial charge in [0, 0.05) is 32.5 Å². The molecule has 0 heterocycles. The number of Topliss-reactive ketones (excluding diaryl/α,β-unsaturated/α-hetero) is 1. The van der Waals surface area contributed by atoms with Crippen LogP contribution in [0, 0.1) is 0 Å².